The Bertz CT molecular complexity index is 718. The molecule has 1 aliphatic heterocycles. The van der Waals surface area contributed by atoms with Gasteiger partial charge in [0.25, 0.3) is 0 Å². The molecule has 0 saturated heterocycles. The fourth-order valence-electron chi connectivity index (χ4n) is 3.08. The second kappa shape index (κ2) is 4.84. The first kappa shape index (κ1) is 14.1. The van der Waals surface area contributed by atoms with Crippen LogP contribution in [0.25, 0.3) is 11.0 Å². The Morgan fingerprint density at radius 1 is 1.24 bits per heavy atom. The highest BCUT2D eigenvalue weighted by atomic mass is 16.4. The number of rotatable bonds is 3. The maximum Gasteiger partial charge on any atom is 0.320 e. The van der Waals surface area contributed by atoms with Gasteiger partial charge in [-0.2, -0.15) is 0 Å². The van der Waals surface area contributed by atoms with Crippen molar-refractivity contribution >= 4 is 17.0 Å². The molecule has 2 aromatic rings. The smallest absolute Gasteiger partial charge is 0.320 e. The van der Waals surface area contributed by atoms with Gasteiger partial charge in [-0.15, -0.1) is 0 Å². The van der Waals surface area contributed by atoms with E-state index in [0.29, 0.717) is 19.0 Å². The molecule has 1 unspecified atom stereocenters. The van der Waals surface area contributed by atoms with Crippen molar-refractivity contribution in [3.63, 3.8) is 0 Å². The Labute approximate surface area is 124 Å². The molecule has 1 aliphatic rings. The van der Waals surface area contributed by atoms with Crippen molar-refractivity contribution in [2.24, 2.45) is 7.05 Å². The molecule has 1 atom stereocenters. The van der Waals surface area contributed by atoms with E-state index in [2.05, 4.69) is 30.5 Å². The highest BCUT2D eigenvalue weighted by Crippen LogP contribution is 2.30. The van der Waals surface area contributed by atoms with E-state index in [1.807, 2.05) is 11.9 Å². The Balaban J connectivity index is 2.00. The van der Waals surface area contributed by atoms with E-state index in [4.69, 9.17) is 10.1 Å². The van der Waals surface area contributed by atoms with Crippen LogP contribution in [0, 0.1) is 0 Å². The Hall–Kier alpha value is -1.88. The first-order chi connectivity index (χ1) is 9.88. The molecule has 1 aromatic carbocycles. The summed E-state index contributed by atoms with van der Waals surface area (Å²) in [5.41, 5.74) is 4.55. The van der Waals surface area contributed by atoms with E-state index in [-0.39, 0.29) is 0 Å². The molecule has 2 heterocycles. The summed E-state index contributed by atoms with van der Waals surface area (Å²) in [6.07, 6.45) is 0. The van der Waals surface area contributed by atoms with Crippen LogP contribution in [0.4, 0.5) is 0 Å². The first-order valence-electron chi connectivity index (χ1n) is 7.33. The lowest BCUT2D eigenvalue weighted by atomic mass is 10.1. The minimum absolute atomic E-state index is 0.390. The van der Waals surface area contributed by atoms with Gasteiger partial charge >= 0.3 is 5.97 Å². The average molecular weight is 287 g/mol. The van der Waals surface area contributed by atoms with Crippen molar-refractivity contribution in [1.29, 1.82) is 0 Å². The predicted molar refractivity (Wildman–Crippen MR) is 81.1 cm³/mol. The lowest BCUT2D eigenvalue weighted by molar-refractivity contribution is -0.142. The summed E-state index contributed by atoms with van der Waals surface area (Å²) in [5.74, 6) is 0.706. The summed E-state index contributed by atoms with van der Waals surface area (Å²) in [6.45, 7) is 7.41. The van der Waals surface area contributed by atoms with Gasteiger partial charge in [0.1, 0.15) is 11.9 Å². The lowest BCUT2D eigenvalue weighted by Crippen LogP contribution is -2.34. The third-order valence-electron chi connectivity index (χ3n) is 4.41. The van der Waals surface area contributed by atoms with Crippen LogP contribution in [0.5, 0.6) is 0 Å². The monoisotopic (exact) mass is 287 g/mol. The second-order valence-corrected chi connectivity index (χ2v) is 6.21. The minimum atomic E-state index is -0.771. The van der Waals surface area contributed by atoms with Gasteiger partial charge in [-0.05, 0) is 30.2 Å². The Morgan fingerprint density at radius 3 is 2.43 bits per heavy atom. The maximum absolute atomic E-state index is 11.1. The summed E-state index contributed by atoms with van der Waals surface area (Å²) in [6, 6.07) is 3.82. The normalized spacial score (nSPS) is 16.6. The molecule has 0 bridgehead atoms. The minimum Gasteiger partial charge on any atom is -0.480 e. The molecule has 0 saturated carbocycles. The number of aromatic nitrogens is 2. The van der Waals surface area contributed by atoms with Crippen molar-refractivity contribution in [2.75, 3.05) is 0 Å². The zero-order valence-electron chi connectivity index (χ0n) is 12.9. The largest absolute Gasteiger partial charge is 0.480 e. The van der Waals surface area contributed by atoms with E-state index in [1.165, 1.54) is 11.1 Å². The quantitative estimate of drug-likeness (QED) is 0.942. The topological polar surface area (TPSA) is 58.4 Å². The van der Waals surface area contributed by atoms with Crippen molar-refractivity contribution in [2.45, 2.75) is 45.8 Å². The standard InChI is InChI=1S/C16H21N3O2/c1-9(2)15-17-13-5-11-7-19(10(3)16(20)21)8-12(11)6-14(13)18(15)4/h5-6,9-10H,7-8H2,1-4H3,(H,20,21). The van der Waals surface area contributed by atoms with Gasteiger partial charge in [-0.3, -0.25) is 9.69 Å². The lowest BCUT2D eigenvalue weighted by Gasteiger charge is -2.19. The SMILES string of the molecule is CC(C)c1nc2cc3c(cc2n1C)CN(C(C)C(=O)O)C3. The van der Waals surface area contributed by atoms with Crippen LogP contribution in [-0.2, 0) is 24.9 Å². The zero-order valence-corrected chi connectivity index (χ0v) is 12.9. The van der Waals surface area contributed by atoms with Crippen LogP contribution in [0.3, 0.4) is 0 Å². The number of hydrogen-bond donors (Lipinski definition) is 1. The Kier molecular flexibility index (Phi) is 3.24. The van der Waals surface area contributed by atoms with E-state index in [0.717, 1.165) is 16.9 Å². The molecule has 3 rings (SSSR count). The number of benzene rings is 1. The van der Waals surface area contributed by atoms with Gasteiger partial charge in [-0.1, -0.05) is 13.8 Å². The van der Waals surface area contributed by atoms with Gasteiger partial charge in [0.2, 0.25) is 0 Å². The molecule has 0 spiro atoms. The van der Waals surface area contributed by atoms with Gasteiger partial charge in [-0.25, -0.2) is 4.98 Å². The van der Waals surface area contributed by atoms with Crippen LogP contribution >= 0.6 is 0 Å². The molecule has 21 heavy (non-hydrogen) atoms. The highest BCUT2D eigenvalue weighted by Gasteiger charge is 2.28. The molecule has 0 fully saturated rings. The molecule has 1 N–H and O–H groups in total. The first-order valence-corrected chi connectivity index (χ1v) is 7.33. The summed E-state index contributed by atoms with van der Waals surface area (Å²) in [5, 5.41) is 9.15. The third kappa shape index (κ3) is 2.21. The predicted octanol–water partition coefficient (Wildman–Crippen LogP) is 2.49. The molecule has 112 valence electrons. The Morgan fingerprint density at radius 2 is 1.86 bits per heavy atom. The van der Waals surface area contributed by atoms with Crippen molar-refractivity contribution in [1.82, 2.24) is 14.5 Å². The van der Waals surface area contributed by atoms with Crippen LogP contribution in [0.2, 0.25) is 0 Å². The number of carboxylic acids is 1. The van der Waals surface area contributed by atoms with Crippen molar-refractivity contribution < 1.29 is 9.90 Å². The molecular weight excluding hydrogens is 266 g/mol. The number of imidazole rings is 1. The fraction of sp³-hybridized carbons (Fsp3) is 0.500. The number of hydrogen-bond acceptors (Lipinski definition) is 3. The number of aryl methyl sites for hydroxylation is 1. The molecule has 0 amide bonds. The van der Waals surface area contributed by atoms with Crippen LogP contribution in [0.1, 0.15) is 43.6 Å². The summed E-state index contributed by atoms with van der Waals surface area (Å²) < 4.78 is 2.14. The molecular formula is C16H21N3O2. The van der Waals surface area contributed by atoms with Crippen molar-refractivity contribution in [3.05, 3.63) is 29.1 Å². The number of fused-ring (bicyclic) bond motifs is 2. The van der Waals surface area contributed by atoms with Gasteiger partial charge < -0.3 is 9.67 Å². The van der Waals surface area contributed by atoms with Crippen LogP contribution in [-0.4, -0.2) is 31.6 Å². The molecule has 0 aliphatic carbocycles. The molecule has 0 radical (unpaired) electrons. The zero-order chi connectivity index (χ0) is 15.3. The molecule has 5 nitrogen and oxygen atoms in total. The fourth-order valence-corrected chi connectivity index (χ4v) is 3.08. The maximum atomic E-state index is 11.1. The number of carbonyl (C=O) groups is 1. The van der Waals surface area contributed by atoms with Gasteiger partial charge in [0.15, 0.2) is 0 Å². The average Bonchev–Trinajstić information content (AvgIpc) is 2.97. The van der Waals surface area contributed by atoms with E-state index < -0.39 is 12.0 Å². The summed E-state index contributed by atoms with van der Waals surface area (Å²) in [4.78, 5) is 17.8. The summed E-state index contributed by atoms with van der Waals surface area (Å²) >= 11 is 0. The number of carboxylic acid groups (broad SMARTS) is 1. The number of nitrogens with zero attached hydrogens (tertiary/aromatic N) is 3. The van der Waals surface area contributed by atoms with E-state index >= 15 is 0 Å². The third-order valence-corrected chi connectivity index (χ3v) is 4.41. The highest BCUT2D eigenvalue weighted by molar-refractivity contribution is 5.79. The van der Waals surface area contributed by atoms with Crippen LogP contribution in [0.15, 0.2) is 12.1 Å². The number of aliphatic carboxylic acids is 1. The van der Waals surface area contributed by atoms with E-state index in [1.54, 1.807) is 6.92 Å². The molecule has 5 heteroatoms. The van der Waals surface area contributed by atoms with Crippen LogP contribution < -0.4 is 0 Å². The second-order valence-electron chi connectivity index (χ2n) is 6.21. The van der Waals surface area contributed by atoms with Gasteiger partial charge in [0.05, 0.1) is 11.0 Å². The molecule has 1 aromatic heterocycles. The van der Waals surface area contributed by atoms with Gasteiger partial charge in [0, 0.05) is 26.1 Å². The van der Waals surface area contributed by atoms with E-state index in [9.17, 15) is 4.79 Å². The summed E-state index contributed by atoms with van der Waals surface area (Å²) in [7, 11) is 2.05. The van der Waals surface area contributed by atoms with Crippen molar-refractivity contribution in [3.8, 4) is 0 Å².